The second-order valence-corrected chi connectivity index (χ2v) is 39.7. The summed E-state index contributed by atoms with van der Waals surface area (Å²) in [6.07, 6.45) is 1.09. The largest absolute Gasteiger partial charge is 0.468 e. The van der Waals surface area contributed by atoms with E-state index in [9.17, 15) is 9.47 Å². The molecule has 0 amide bonds. The molecule has 31 aliphatic rings. The lowest BCUT2D eigenvalue weighted by Gasteiger charge is -2.75. The highest BCUT2D eigenvalue weighted by Crippen LogP contribution is 3.11. The molecule has 14 unspecified atom stereocenters. The van der Waals surface area contributed by atoms with E-state index in [1.165, 1.54) is 64.9 Å². The summed E-state index contributed by atoms with van der Waals surface area (Å²) in [6.45, 7) is 5.81. The number of para-hydroxylation sites is 2. The first kappa shape index (κ1) is 52.2. The molecule has 16 nitrogen and oxygen atoms in total. The first-order valence-corrected chi connectivity index (χ1v) is 40.8. The van der Waals surface area contributed by atoms with Crippen LogP contribution in [0.25, 0.3) is 126 Å². The average Bonchev–Trinajstić information content (AvgIpc) is 1.33. The minimum atomic E-state index is -2.15. The number of allylic oxidation sites excluding steroid dienone is 3. The summed E-state index contributed by atoms with van der Waals surface area (Å²) >= 11 is 0. The molecule has 4 bridgehead atoms. The van der Waals surface area contributed by atoms with Crippen molar-refractivity contribution in [1.29, 1.82) is 0 Å². The van der Waals surface area contributed by atoms with Crippen molar-refractivity contribution in [2.75, 3.05) is 42.7 Å². The van der Waals surface area contributed by atoms with E-state index in [0.717, 1.165) is 243 Å². The molecule has 2 saturated heterocycles. The molecule has 5 fully saturated rings. The Balaban J connectivity index is 0.903. The molecule has 1 aromatic heterocycles. The average molecular weight is 1480 g/mol. The summed E-state index contributed by atoms with van der Waals surface area (Å²) in [7, 11) is 8.66. The van der Waals surface area contributed by atoms with Gasteiger partial charge in [-0.15, -0.1) is 0 Å². The fraction of sp³-hybridized carbons (Fsp3) is 0.273. The summed E-state index contributed by atoms with van der Waals surface area (Å²) in [5.41, 5.74) is 18.7. The monoisotopic (exact) mass is 1480 g/mol. The summed E-state index contributed by atoms with van der Waals surface area (Å²) in [4.78, 5) is 119. The van der Waals surface area contributed by atoms with E-state index in [1.807, 2.05) is 0 Å². The van der Waals surface area contributed by atoms with Crippen molar-refractivity contribution in [3.05, 3.63) is 247 Å². The maximum atomic E-state index is 17.9. The van der Waals surface area contributed by atoms with Crippen LogP contribution in [0.4, 0.5) is 0 Å². The van der Waals surface area contributed by atoms with Crippen LogP contribution < -0.4 is 0 Å². The molecule has 4 aliphatic heterocycles. The lowest BCUT2D eigenvalue weighted by Crippen LogP contribution is -2.80. The predicted octanol–water partition coefficient (Wildman–Crippen LogP) is 12.1. The Kier molecular flexibility index (Phi) is 5.59. The van der Waals surface area contributed by atoms with Gasteiger partial charge >= 0.3 is 35.8 Å². The third-order valence-corrected chi connectivity index (χ3v) is 40.8. The lowest BCUT2D eigenvalue weighted by atomic mass is 9.22. The van der Waals surface area contributed by atoms with Crippen LogP contribution in [0.1, 0.15) is 180 Å². The molecule has 43 rings (SSSR count). The number of benzene rings is 11. The van der Waals surface area contributed by atoms with Gasteiger partial charge < -0.3 is 37.9 Å². The molecule has 27 aliphatic carbocycles. The number of rotatable bonds is 6. The van der Waals surface area contributed by atoms with Crippen LogP contribution in [0.5, 0.6) is 0 Å². The van der Waals surface area contributed by atoms with E-state index in [4.69, 9.17) is 45.0 Å². The van der Waals surface area contributed by atoms with Crippen molar-refractivity contribution in [3.8, 4) is 33.4 Å². The molecule has 16 heteroatoms. The second kappa shape index (κ2) is 12.3. The Morgan fingerprint density at radius 2 is 0.878 bits per heavy atom. The fourth-order valence-electron chi connectivity index (χ4n) is 41.7. The molecular weight excluding hydrogens is 1440 g/mol. The summed E-state index contributed by atoms with van der Waals surface area (Å²) in [5, 5.41) is 9.67. The van der Waals surface area contributed by atoms with Crippen LogP contribution >= 0.6 is 0 Å². The minimum absolute atomic E-state index is 0.545. The number of ether oxygens (including phenoxy) is 8. The van der Waals surface area contributed by atoms with E-state index in [1.54, 1.807) is 0 Å². The zero-order valence-electron chi connectivity index (χ0n) is 60.9. The Hall–Kier alpha value is -12.2. The van der Waals surface area contributed by atoms with Gasteiger partial charge in [0.15, 0.2) is 27.4 Å². The maximum absolute atomic E-state index is 17.9. The van der Waals surface area contributed by atoms with Gasteiger partial charge in [-0.05, 0) is 277 Å². The fourth-order valence-corrected chi connectivity index (χ4v) is 41.7. The van der Waals surface area contributed by atoms with Gasteiger partial charge in [-0.1, -0.05) is 73.3 Å². The first-order valence-electron chi connectivity index (χ1n) is 40.8. The minimum Gasteiger partial charge on any atom is -0.468 e. The van der Waals surface area contributed by atoms with E-state index in [2.05, 4.69) is 78.9 Å². The maximum Gasteiger partial charge on any atom is 0.325 e. The number of esters is 6. The zero-order chi connectivity index (χ0) is 73.8. The van der Waals surface area contributed by atoms with Crippen LogP contribution in [0.15, 0.2) is 91.0 Å². The van der Waals surface area contributed by atoms with Gasteiger partial charge in [-0.2, -0.15) is 0 Å². The topological polar surface area (TPSA) is 202 Å². The van der Waals surface area contributed by atoms with Crippen molar-refractivity contribution in [2.24, 2.45) is 39.4 Å². The highest BCUT2D eigenvalue weighted by molar-refractivity contribution is 6.50. The quantitative estimate of drug-likeness (QED) is 0.0657. The number of hydrogen-bond acceptors (Lipinski definition) is 16. The normalized spacial score (nSPS) is 39.7. The third kappa shape index (κ3) is 2.81. The number of carbonyl (C=O) groups is 6. The zero-order valence-corrected chi connectivity index (χ0v) is 60.9. The first-order chi connectivity index (χ1) is 56.3. The summed E-state index contributed by atoms with van der Waals surface area (Å²) in [6, 6.07) is 26.4. The number of aromatic nitrogens is 2. The molecule has 11 aromatic carbocycles. The van der Waals surface area contributed by atoms with E-state index < -0.39 is 154 Å². The van der Waals surface area contributed by atoms with E-state index in [0.29, 0.717) is 22.4 Å². The van der Waals surface area contributed by atoms with Gasteiger partial charge in [0.05, 0.1) is 109 Å². The second-order valence-electron chi connectivity index (χ2n) is 39.7. The van der Waals surface area contributed by atoms with Crippen molar-refractivity contribution in [1.82, 2.24) is 9.97 Å². The van der Waals surface area contributed by atoms with Crippen molar-refractivity contribution < 1.29 is 66.7 Å². The number of nitrogens with zero attached hydrogens (tertiary/aromatic N) is 2. The Morgan fingerprint density at radius 1 is 0.400 bits per heavy atom. The van der Waals surface area contributed by atoms with Gasteiger partial charge in [0.25, 0.3) is 0 Å². The van der Waals surface area contributed by atoms with Crippen LogP contribution in [0.2, 0.25) is 0 Å². The molecular formula is C99H40N2O14. The molecule has 18 atom stereocenters. The number of methoxy groups -OCH3 is 6. The van der Waals surface area contributed by atoms with Gasteiger partial charge in [0, 0.05) is 35.0 Å². The smallest absolute Gasteiger partial charge is 0.325 e. The molecule has 3 saturated carbocycles. The van der Waals surface area contributed by atoms with Crippen LogP contribution in [0, 0.1) is 39.4 Å². The van der Waals surface area contributed by atoms with E-state index in [-0.39, 0.29) is 0 Å². The van der Waals surface area contributed by atoms with Gasteiger partial charge in [-0.3, -0.25) is 28.8 Å². The molecule has 11 spiro atoms. The number of carbonyl (C=O) groups excluding carboxylic acids is 6. The summed E-state index contributed by atoms with van der Waals surface area (Å²) < 4.78 is 58.7. The Labute approximate surface area is 642 Å². The molecule has 115 heavy (non-hydrogen) atoms. The Bertz CT molecular complexity index is 8710. The summed E-state index contributed by atoms with van der Waals surface area (Å²) in [5.74, 6) is -7.41. The van der Waals surface area contributed by atoms with Crippen molar-refractivity contribution in [3.63, 3.8) is 0 Å². The van der Waals surface area contributed by atoms with Gasteiger partial charge in [-0.25, -0.2) is 9.97 Å². The SMILES string of the molecule is C=C1c2c3c4c5c6c2-c2c1c1c7c8c9c%10c%11c%12c8c8c%13c%14c%15c%16c8c7c2C%162C(C(=O)OC)(C(=O)OC)C62C2C5=C5c6c(c-%14c7c8c6c6c%14c%16c%17c(c-%11c(c%168)C78C(C(=O)OC)(C(=O)OC)C%12%138)C%10C(C7=C%17C%148[C@H]%10O[C@]%11(c%12ccccc%12%10)c%10nc%12ccccc%12nc%10[C@@]%10%12O[C@H](c%13ccccc%13%10)C56C4%12C8%11C3=C7)C3C(C(=O)OC)(C(=O)OC)C913)C%152. The van der Waals surface area contributed by atoms with Crippen molar-refractivity contribution in [2.45, 2.75) is 78.6 Å². The molecule has 530 valence electrons. The van der Waals surface area contributed by atoms with Crippen LogP contribution in [-0.4, -0.2) is 88.4 Å². The molecule has 5 heterocycles. The Morgan fingerprint density at radius 3 is 1.48 bits per heavy atom. The molecule has 0 radical (unpaired) electrons. The van der Waals surface area contributed by atoms with Crippen molar-refractivity contribution >= 4 is 129 Å². The molecule has 0 N–H and O–H groups in total. The van der Waals surface area contributed by atoms with Gasteiger partial charge in [0.1, 0.15) is 11.4 Å². The highest BCUT2D eigenvalue weighted by atomic mass is 16.6. The van der Waals surface area contributed by atoms with Crippen LogP contribution in [0.3, 0.4) is 0 Å². The third-order valence-electron chi connectivity index (χ3n) is 40.8. The van der Waals surface area contributed by atoms with Gasteiger partial charge in [0.2, 0.25) is 0 Å². The van der Waals surface area contributed by atoms with Crippen LogP contribution in [-0.2, 0) is 121 Å². The number of fused-ring (bicyclic) bond motifs is 7. The predicted molar refractivity (Wildman–Crippen MR) is 401 cm³/mol. The standard InChI is InChI=1S/C99H40N2O14/c1-21-30-33-27-20-24-32-34-35-39-56-54-55-57-41-36-43-48-49-44(36)71-58-59(72(33)99-88(63(41)58)74(57)73(56)87(60(24)39)78-22-14-8-10-16-25(22)96(114-78,98(27,87)99)76-77(101-29-19-13-12-18-28(29)100-76)97(99)26-17-11-9-15-23(26)79(88)115-97)70-37(30)38-31(21)61-45-46-51-53(52-50(45)64(38)90(69(49)52)93(70,71)95(90,84(106)112-6)85(107)113-7)68(48)92-67(51)47(40(34)62(46)86(61)75(32)89(86,80(102)108-2)81(103)109-3)42(35)65(54)91(92,66(43)55)94(92,82(104)110-4)83(105)111-5/h8-20,32,34,44,71,75,78-79H,1H2,2-7H3/t32?,34?,44?,71?,75?,78-,79+,86?,87?,88?,90?,91?,92?,93?,96+,97-,98?,99?/m0/s1. The number of hydrogen-bond donors (Lipinski definition) is 0. The highest BCUT2D eigenvalue weighted by Gasteiger charge is 3.12. The lowest BCUT2D eigenvalue weighted by molar-refractivity contribution is -0.165. The van der Waals surface area contributed by atoms with E-state index >= 15 is 28.8 Å². The molecule has 12 aromatic rings.